The van der Waals surface area contributed by atoms with Crippen molar-refractivity contribution in [1.82, 2.24) is 5.32 Å². The summed E-state index contributed by atoms with van der Waals surface area (Å²) in [6, 6.07) is 5.35. The first-order valence-corrected chi connectivity index (χ1v) is 6.73. The zero-order chi connectivity index (χ0) is 14.4. The smallest absolute Gasteiger partial charge is 0.313 e. The van der Waals surface area contributed by atoms with Crippen molar-refractivity contribution in [3.05, 3.63) is 28.2 Å². The minimum absolute atomic E-state index is 0.265. The summed E-state index contributed by atoms with van der Waals surface area (Å²) in [5.41, 5.74) is 1.44. The molecule has 0 saturated carbocycles. The highest BCUT2D eigenvalue weighted by Gasteiger charge is 2.14. The van der Waals surface area contributed by atoms with Gasteiger partial charge >= 0.3 is 11.8 Å². The Morgan fingerprint density at radius 1 is 1.37 bits per heavy atom. The average molecular weight is 329 g/mol. The van der Waals surface area contributed by atoms with Gasteiger partial charge in [0.25, 0.3) is 0 Å². The molecule has 2 amide bonds. The lowest BCUT2D eigenvalue weighted by Gasteiger charge is -2.10. The topological polar surface area (TPSA) is 78.4 Å². The van der Waals surface area contributed by atoms with Crippen molar-refractivity contribution < 1.29 is 14.7 Å². The van der Waals surface area contributed by atoms with E-state index in [9.17, 15) is 9.59 Å². The SMILES string of the molecule is Cc1c(Br)cccc1NC(=O)C(=O)NCCC(C)O. The summed E-state index contributed by atoms with van der Waals surface area (Å²) in [5, 5.41) is 14.0. The summed E-state index contributed by atoms with van der Waals surface area (Å²) in [6.07, 6.45) is -0.0924. The van der Waals surface area contributed by atoms with Crippen LogP contribution in [0.3, 0.4) is 0 Å². The second-order valence-corrected chi connectivity index (χ2v) is 5.11. The van der Waals surface area contributed by atoms with Crippen LogP contribution in [0.1, 0.15) is 18.9 Å². The molecule has 0 spiro atoms. The normalized spacial score (nSPS) is 11.8. The first kappa shape index (κ1) is 15.7. The van der Waals surface area contributed by atoms with Crippen molar-refractivity contribution in [3.8, 4) is 0 Å². The Bertz CT molecular complexity index is 475. The number of hydrogen-bond acceptors (Lipinski definition) is 3. The Kier molecular flexibility index (Phi) is 5.98. The fourth-order valence-electron chi connectivity index (χ4n) is 1.40. The van der Waals surface area contributed by atoms with Crippen LogP contribution in [0.15, 0.2) is 22.7 Å². The van der Waals surface area contributed by atoms with Crippen LogP contribution in [0, 0.1) is 6.92 Å². The summed E-state index contributed by atoms with van der Waals surface area (Å²) in [5.74, 6) is -1.42. The molecule has 6 heteroatoms. The highest BCUT2D eigenvalue weighted by Crippen LogP contribution is 2.23. The second kappa shape index (κ2) is 7.25. The first-order valence-electron chi connectivity index (χ1n) is 5.94. The molecule has 5 nitrogen and oxygen atoms in total. The third-order valence-corrected chi connectivity index (χ3v) is 3.43. The Balaban J connectivity index is 2.55. The number of halogens is 1. The predicted octanol–water partition coefficient (Wildman–Crippen LogP) is 1.58. The Hall–Kier alpha value is -1.40. The molecule has 0 heterocycles. The Labute approximate surface area is 120 Å². The van der Waals surface area contributed by atoms with Crippen LogP contribution >= 0.6 is 15.9 Å². The van der Waals surface area contributed by atoms with Crippen LogP contribution in [0.5, 0.6) is 0 Å². The van der Waals surface area contributed by atoms with Crippen LogP contribution < -0.4 is 10.6 Å². The number of amides is 2. The van der Waals surface area contributed by atoms with Gasteiger partial charge in [-0.3, -0.25) is 9.59 Å². The molecule has 19 heavy (non-hydrogen) atoms. The molecule has 0 saturated heterocycles. The molecule has 0 bridgehead atoms. The molecule has 0 radical (unpaired) electrons. The number of benzene rings is 1. The number of anilines is 1. The van der Waals surface area contributed by atoms with Gasteiger partial charge in [0, 0.05) is 16.7 Å². The number of carbonyl (C=O) groups excluding carboxylic acids is 2. The van der Waals surface area contributed by atoms with Gasteiger partial charge in [-0.25, -0.2) is 0 Å². The quantitative estimate of drug-likeness (QED) is 0.734. The lowest BCUT2D eigenvalue weighted by molar-refractivity contribution is -0.136. The largest absolute Gasteiger partial charge is 0.393 e. The monoisotopic (exact) mass is 328 g/mol. The van der Waals surface area contributed by atoms with Crippen molar-refractivity contribution >= 4 is 33.4 Å². The zero-order valence-corrected chi connectivity index (χ0v) is 12.5. The maximum atomic E-state index is 11.7. The van der Waals surface area contributed by atoms with Gasteiger partial charge in [0.2, 0.25) is 0 Å². The lowest BCUT2D eigenvalue weighted by atomic mass is 10.2. The zero-order valence-electron chi connectivity index (χ0n) is 10.9. The van der Waals surface area contributed by atoms with Crippen LogP contribution in [-0.2, 0) is 9.59 Å². The summed E-state index contributed by atoms with van der Waals surface area (Å²) in [4.78, 5) is 23.2. The summed E-state index contributed by atoms with van der Waals surface area (Å²) >= 11 is 3.35. The third kappa shape index (κ3) is 5.00. The van der Waals surface area contributed by atoms with Crippen LogP contribution in [-0.4, -0.2) is 29.6 Å². The number of aliphatic hydroxyl groups is 1. The Morgan fingerprint density at radius 2 is 2.05 bits per heavy atom. The van der Waals surface area contributed by atoms with Crippen molar-refractivity contribution in [2.75, 3.05) is 11.9 Å². The molecule has 104 valence electrons. The molecule has 1 rings (SSSR count). The standard InChI is InChI=1S/C13H17BrN2O3/c1-8(17)6-7-15-12(18)13(19)16-11-5-3-4-10(14)9(11)2/h3-5,8,17H,6-7H2,1-2H3,(H,15,18)(H,16,19). The highest BCUT2D eigenvalue weighted by molar-refractivity contribution is 9.10. The van der Waals surface area contributed by atoms with E-state index in [0.717, 1.165) is 10.0 Å². The molecular formula is C13H17BrN2O3. The molecule has 1 aromatic rings. The highest BCUT2D eigenvalue weighted by atomic mass is 79.9. The van der Waals surface area contributed by atoms with E-state index in [4.69, 9.17) is 5.11 Å². The van der Waals surface area contributed by atoms with E-state index in [1.165, 1.54) is 0 Å². The van der Waals surface area contributed by atoms with E-state index < -0.39 is 17.9 Å². The summed E-state index contributed by atoms with van der Waals surface area (Å²) < 4.78 is 0.861. The molecule has 0 fully saturated rings. The number of aliphatic hydroxyl groups excluding tert-OH is 1. The van der Waals surface area contributed by atoms with Crippen molar-refractivity contribution in [2.24, 2.45) is 0 Å². The molecular weight excluding hydrogens is 312 g/mol. The van der Waals surface area contributed by atoms with E-state index in [2.05, 4.69) is 26.6 Å². The average Bonchev–Trinajstić information content (AvgIpc) is 2.34. The maximum absolute atomic E-state index is 11.7. The first-order chi connectivity index (χ1) is 8.91. The second-order valence-electron chi connectivity index (χ2n) is 4.26. The minimum atomic E-state index is -0.716. The van der Waals surface area contributed by atoms with E-state index in [0.29, 0.717) is 12.1 Å². The molecule has 0 aliphatic carbocycles. The molecule has 0 aromatic heterocycles. The number of hydrogen-bond donors (Lipinski definition) is 3. The van der Waals surface area contributed by atoms with Gasteiger partial charge in [0.15, 0.2) is 0 Å². The van der Waals surface area contributed by atoms with Gasteiger partial charge in [-0.15, -0.1) is 0 Å². The third-order valence-electron chi connectivity index (χ3n) is 2.57. The molecule has 0 aliphatic rings. The van der Waals surface area contributed by atoms with Crippen LogP contribution in [0.2, 0.25) is 0 Å². The summed E-state index contributed by atoms with van der Waals surface area (Å²) in [7, 11) is 0. The molecule has 1 atom stereocenters. The number of nitrogens with one attached hydrogen (secondary N) is 2. The Morgan fingerprint density at radius 3 is 2.68 bits per heavy atom. The van der Waals surface area contributed by atoms with Gasteiger partial charge in [-0.2, -0.15) is 0 Å². The van der Waals surface area contributed by atoms with Crippen LogP contribution in [0.25, 0.3) is 0 Å². The fourth-order valence-corrected chi connectivity index (χ4v) is 1.76. The lowest BCUT2D eigenvalue weighted by Crippen LogP contribution is -2.36. The predicted molar refractivity (Wildman–Crippen MR) is 76.8 cm³/mol. The maximum Gasteiger partial charge on any atom is 0.313 e. The van der Waals surface area contributed by atoms with Crippen molar-refractivity contribution in [3.63, 3.8) is 0 Å². The van der Waals surface area contributed by atoms with Gasteiger partial charge in [0.1, 0.15) is 0 Å². The molecule has 3 N–H and O–H groups in total. The molecule has 1 unspecified atom stereocenters. The fraction of sp³-hybridized carbons (Fsp3) is 0.385. The van der Waals surface area contributed by atoms with Gasteiger partial charge in [-0.05, 0) is 38.0 Å². The van der Waals surface area contributed by atoms with E-state index in [1.807, 2.05) is 13.0 Å². The van der Waals surface area contributed by atoms with E-state index >= 15 is 0 Å². The van der Waals surface area contributed by atoms with Gasteiger partial charge < -0.3 is 15.7 Å². The van der Waals surface area contributed by atoms with Gasteiger partial charge in [0.05, 0.1) is 6.10 Å². The van der Waals surface area contributed by atoms with Crippen molar-refractivity contribution in [1.29, 1.82) is 0 Å². The van der Waals surface area contributed by atoms with E-state index in [-0.39, 0.29) is 6.54 Å². The number of carbonyl (C=O) groups is 2. The molecule has 0 aliphatic heterocycles. The summed E-state index contributed by atoms with van der Waals surface area (Å²) in [6.45, 7) is 3.73. The van der Waals surface area contributed by atoms with Crippen molar-refractivity contribution in [2.45, 2.75) is 26.4 Å². The minimum Gasteiger partial charge on any atom is -0.393 e. The number of rotatable bonds is 4. The van der Waals surface area contributed by atoms with Crippen LogP contribution in [0.4, 0.5) is 5.69 Å². The van der Waals surface area contributed by atoms with E-state index in [1.54, 1.807) is 19.1 Å². The molecule has 1 aromatic carbocycles. The van der Waals surface area contributed by atoms with Gasteiger partial charge in [-0.1, -0.05) is 22.0 Å².